The Labute approximate surface area is 140 Å². The molecule has 112 valence electrons. The Bertz CT molecular complexity index is 602. The average molecular weight is 395 g/mol. The second kappa shape index (κ2) is 6.30. The average Bonchev–Trinajstić information content (AvgIpc) is 2.47. The molecule has 1 aromatic heterocycles. The zero-order chi connectivity index (χ0) is 15.6. The van der Waals surface area contributed by atoms with Crippen LogP contribution in [-0.4, -0.2) is 17.0 Å². The van der Waals surface area contributed by atoms with Crippen molar-refractivity contribution in [3.05, 3.63) is 39.1 Å². The third-order valence-electron chi connectivity index (χ3n) is 3.50. The van der Waals surface area contributed by atoms with Crippen LogP contribution in [0, 0.1) is 3.57 Å². The van der Waals surface area contributed by atoms with Crippen LogP contribution >= 0.6 is 22.6 Å². The normalized spacial score (nSPS) is 11.5. The molecule has 0 amide bonds. The summed E-state index contributed by atoms with van der Waals surface area (Å²) in [5, 5.41) is 3.16. The summed E-state index contributed by atoms with van der Waals surface area (Å²) < 4.78 is 1.10. The summed E-state index contributed by atoms with van der Waals surface area (Å²) in [6.45, 7) is 8.78. The van der Waals surface area contributed by atoms with E-state index in [-0.39, 0.29) is 5.41 Å². The smallest absolute Gasteiger partial charge is 0.161 e. The molecule has 0 aliphatic heterocycles. The lowest BCUT2D eigenvalue weighted by Crippen LogP contribution is -2.10. The second-order valence-corrected chi connectivity index (χ2v) is 7.17. The molecule has 21 heavy (non-hydrogen) atoms. The Kier molecular flexibility index (Phi) is 4.86. The summed E-state index contributed by atoms with van der Waals surface area (Å²) in [5.74, 6) is 1.69. The van der Waals surface area contributed by atoms with Crippen molar-refractivity contribution in [1.82, 2.24) is 9.97 Å². The van der Waals surface area contributed by atoms with Crippen molar-refractivity contribution in [2.45, 2.75) is 39.5 Å². The van der Waals surface area contributed by atoms with Crippen LogP contribution in [0.3, 0.4) is 0 Å². The van der Waals surface area contributed by atoms with Gasteiger partial charge in [0.05, 0.1) is 9.26 Å². The van der Waals surface area contributed by atoms with Crippen molar-refractivity contribution < 1.29 is 0 Å². The number of aromatic nitrogens is 2. The summed E-state index contributed by atoms with van der Waals surface area (Å²) in [7, 11) is 1.90. The van der Waals surface area contributed by atoms with Crippen LogP contribution in [0.2, 0.25) is 0 Å². The first-order valence-electron chi connectivity index (χ1n) is 7.22. The SMILES string of the molecule is CCc1nc(-c2ccc(C(C)(C)C)cc2)nc(NC)c1I. The van der Waals surface area contributed by atoms with Crippen LogP contribution in [0.25, 0.3) is 11.4 Å². The fraction of sp³-hybridized carbons (Fsp3) is 0.412. The Morgan fingerprint density at radius 3 is 2.19 bits per heavy atom. The quantitative estimate of drug-likeness (QED) is 0.769. The van der Waals surface area contributed by atoms with Crippen LogP contribution in [0.1, 0.15) is 39.0 Å². The van der Waals surface area contributed by atoms with E-state index in [4.69, 9.17) is 4.98 Å². The van der Waals surface area contributed by atoms with Crippen LogP contribution in [0.15, 0.2) is 24.3 Å². The zero-order valence-corrected chi connectivity index (χ0v) is 15.4. The van der Waals surface area contributed by atoms with E-state index in [0.717, 1.165) is 32.9 Å². The Morgan fingerprint density at radius 1 is 1.10 bits per heavy atom. The zero-order valence-electron chi connectivity index (χ0n) is 13.3. The summed E-state index contributed by atoms with van der Waals surface area (Å²) in [4.78, 5) is 9.33. The molecular formula is C17H22IN3. The molecule has 0 fully saturated rings. The van der Waals surface area contributed by atoms with E-state index in [1.807, 2.05) is 7.05 Å². The maximum absolute atomic E-state index is 4.70. The van der Waals surface area contributed by atoms with Gasteiger partial charge in [-0.15, -0.1) is 0 Å². The summed E-state index contributed by atoms with van der Waals surface area (Å²) in [6.07, 6.45) is 0.905. The van der Waals surface area contributed by atoms with Crippen molar-refractivity contribution in [2.24, 2.45) is 0 Å². The number of halogens is 1. The molecule has 0 aliphatic carbocycles. The molecule has 0 atom stereocenters. The van der Waals surface area contributed by atoms with Gasteiger partial charge in [0, 0.05) is 12.6 Å². The number of benzene rings is 1. The molecule has 1 N–H and O–H groups in total. The highest BCUT2D eigenvalue weighted by Crippen LogP contribution is 2.27. The van der Waals surface area contributed by atoms with Gasteiger partial charge in [0.25, 0.3) is 0 Å². The number of rotatable bonds is 3. The van der Waals surface area contributed by atoms with Crippen LogP contribution in [-0.2, 0) is 11.8 Å². The highest BCUT2D eigenvalue weighted by Gasteiger charge is 2.15. The molecule has 0 unspecified atom stereocenters. The fourth-order valence-corrected chi connectivity index (χ4v) is 3.03. The van der Waals surface area contributed by atoms with Crippen molar-refractivity contribution in [2.75, 3.05) is 12.4 Å². The summed E-state index contributed by atoms with van der Waals surface area (Å²) >= 11 is 2.31. The Hall–Kier alpha value is -1.17. The van der Waals surface area contributed by atoms with Gasteiger partial charge in [0.15, 0.2) is 5.82 Å². The fourth-order valence-electron chi connectivity index (χ4n) is 2.14. The number of hydrogen-bond acceptors (Lipinski definition) is 3. The third-order valence-corrected chi connectivity index (χ3v) is 4.63. The van der Waals surface area contributed by atoms with Crippen molar-refractivity contribution in [3.63, 3.8) is 0 Å². The molecule has 4 heteroatoms. The molecule has 2 rings (SSSR count). The summed E-state index contributed by atoms with van der Waals surface area (Å²) in [5.41, 5.74) is 3.63. The van der Waals surface area contributed by atoms with Gasteiger partial charge >= 0.3 is 0 Å². The maximum atomic E-state index is 4.70. The van der Waals surface area contributed by atoms with Gasteiger partial charge in [-0.25, -0.2) is 9.97 Å². The monoisotopic (exact) mass is 395 g/mol. The van der Waals surface area contributed by atoms with Gasteiger partial charge in [-0.05, 0) is 40.0 Å². The first-order valence-corrected chi connectivity index (χ1v) is 8.29. The summed E-state index contributed by atoms with van der Waals surface area (Å²) in [6, 6.07) is 8.56. The Balaban J connectivity index is 2.47. The van der Waals surface area contributed by atoms with Gasteiger partial charge in [0.1, 0.15) is 5.82 Å². The lowest BCUT2D eigenvalue weighted by atomic mass is 9.87. The number of aryl methyl sites for hydroxylation is 1. The minimum Gasteiger partial charge on any atom is -0.372 e. The number of hydrogen-bond donors (Lipinski definition) is 1. The maximum Gasteiger partial charge on any atom is 0.161 e. The van der Waals surface area contributed by atoms with Gasteiger partial charge in [-0.1, -0.05) is 52.0 Å². The van der Waals surface area contributed by atoms with Crippen LogP contribution in [0.4, 0.5) is 5.82 Å². The highest BCUT2D eigenvalue weighted by atomic mass is 127. The third kappa shape index (κ3) is 3.54. The van der Waals surface area contributed by atoms with Crippen molar-refractivity contribution in [3.8, 4) is 11.4 Å². The van der Waals surface area contributed by atoms with E-state index in [1.165, 1.54) is 5.56 Å². The molecule has 0 aliphatic rings. The molecular weight excluding hydrogens is 373 g/mol. The first kappa shape index (κ1) is 16.2. The predicted octanol–water partition coefficient (Wildman–Crippen LogP) is 4.65. The number of anilines is 1. The molecule has 3 nitrogen and oxygen atoms in total. The molecule has 0 radical (unpaired) electrons. The molecule has 1 aromatic carbocycles. The van der Waals surface area contributed by atoms with E-state index >= 15 is 0 Å². The molecule has 2 aromatic rings. The molecule has 0 saturated heterocycles. The van der Waals surface area contributed by atoms with E-state index in [0.29, 0.717) is 0 Å². The van der Waals surface area contributed by atoms with Crippen LogP contribution in [0.5, 0.6) is 0 Å². The predicted molar refractivity (Wildman–Crippen MR) is 97.8 cm³/mol. The number of nitrogens with zero attached hydrogens (tertiary/aromatic N) is 2. The lowest BCUT2D eigenvalue weighted by Gasteiger charge is -2.19. The van der Waals surface area contributed by atoms with E-state index in [1.54, 1.807) is 0 Å². The lowest BCUT2D eigenvalue weighted by molar-refractivity contribution is 0.590. The minimum absolute atomic E-state index is 0.163. The Morgan fingerprint density at radius 2 is 1.71 bits per heavy atom. The van der Waals surface area contributed by atoms with Crippen molar-refractivity contribution >= 4 is 28.4 Å². The molecule has 0 spiro atoms. The minimum atomic E-state index is 0.163. The van der Waals surface area contributed by atoms with Gasteiger partial charge in [-0.2, -0.15) is 0 Å². The van der Waals surface area contributed by atoms with Gasteiger partial charge < -0.3 is 5.32 Å². The number of nitrogens with one attached hydrogen (secondary N) is 1. The largest absolute Gasteiger partial charge is 0.372 e. The standard InChI is InChI=1S/C17H22IN3/c1-6-13-14(18)16(19-5)21-15(20-13)11-7-9-12(10-8-11)17(2,3)4/h7-10H,6H2,1-5H3,(H,19,20,21). The molecule has 1 heterocycles. The van der Waals surface area contributed by atoms with Crippen molar-refractivity contribution in [1.29, 1.82) is 0 Å². The van der Waals surface area contributed by atoms with Gasteiger partial charge in [-0.3, -0.25) is 0 Å². The van der Waals surface area contributed by atoms with E-state index in [9.17, 15) is 0 Å². The molecule has 0 saturated carbocycles. The van der Waals surface area contributed by atoms with E-state index < -0.39 is 0 Å². The van der Waals surface area contributed by atoms with Gasteiger partial charge in [0.2, 0.25) is 0 Å². The highest BCUT2D eigenvalue weighted by molar-refractivity contribution is 14.1. The molecule has 0 bridgehead atoms. The first-order chi connectivity index (χ1) is 9.86. The van der Waals surface area contributed by atoms with Crippen LogP contribution < -0.4 is 5.32 Å². The second-order valence-electron chi connectivity index (χ2n) is 6.09. The van der Waals surface area contributed by atoms with E-state index in [2.05, 4.69) is 84.9 Å². The topological polar surface area (TPSA) is 37.8 Å².